The van der Waals surface area contributed by atoms with Crippen LogP contribution in [0, 0.1) is 0 Å². The predicted octanol–water partition coefficient (Wildman–Crippen LogP) is 14.7. The number of para-hydroxylation sites is 2. The highest BCUT2D eigenvalue weighted by Crippen LogP contribution is 2.46. The molecule has 0 saturated heterocycles. The van der Waals surface area contributed by atoms with Gasteiger partial charge in [0.1, 0.15) is 0 Å². The summed E-state index contributed by atoms with van der Waals surface area (Å²) in [4.78, 5) is 0. The molecule has 0 aliphatic rings. The molecule has 0 aliphatic carbocycles. The first-order valence-corrected chi connectivity index (χ1v) is 18.9. The van der Waals surface area contributed by atoms with Gasteiger partial charge in [0, 0.05) is 16.5 Å². The Bertz CT molecular complexity index is 2800. The number of rotatable bonds is 4. The van der Waals surface area contributed by atoms with Gasteiger partial charge in [-0.2, -0.15) is 0 Å². The average molecular weight is 684 g/mol. The Morgan fingerprint density at radius 1 is 0.321 bits per heavy atom. The Balaban J connectivity index is 1.26. The molecule has 0 bridgehead atoms. The molecule has 9 rings (SSSR count). The number of benzene rings is 8. The molecular formula is C52H45N. The topological polar surface area (TPSA) is 4.93 Å². The van der Waals surface area contributed by atoms with E-state index in [1.807, 2.05) is 0 Å². The third-order valence-electron chi connectivity index (χ3n) is 11.1. The van der Waals surface area contributed by atoms with Crippen molar-refractivity contribution in [2.75, 3.05) is 0 Å². The molecular weight excluding hydrogens is 639 g/mol. The van der Waals surface area contributed by atoms with Gasteiger partial charge in [0.05, 0.1) is 11.0 Å². The van der Waals surface area contributed by atoms with E-state index in [4.69, 9.17) is 0 Å². The second-order valence-electron chi connectivity index (χ2n) is 16.6. The van der Waals surface area contributed by atoms with E-state index >= 15 is 0 Å². The lowest BCUT2D eigenvalue weighted by molar-refractivity contribution is 0.590. The summed E-state index contributed by atoms with van der Waals surface area (Å²) in [5.74, 6) is 0. The Kier molecular flexibility index (Phi) is 7.68. The molecule has 1 aromatic heterocycles. The summed E-state index contributed by atoms with van der Waals surface area (Å²) in [7, 11) is 0. The fraction of sp³-hybridized carbons (Fsp3) is 0.154. The van der Waals surface area contributed by atoms with Gasteiger partial charge in [-0.3, -0.25) is 0 Å². The molecule has 9 aromatic rings. The van der Waals surface area contributed by atoms with Crippen molar-refractivity contribution < 1.29 is 0 Å². The van der Waals surface area contributed by atoms with Crippen LogP contribution in [-0.4, -0.2) is 4.57 Å². The monoisotopic (exact) mass is 683 g/mol. The third-order valence-corrected chi connectivity index (χ3v) is 11.1. The molecule has 0 fully saturated rings. The maximum Gasteiger partial charge on any atom is 0.0541 e. The molecule has 258 valence electrons. The summed E-state index contributed by atoms with van der Waals surface area (Å²) in [5.41, 5.74) is 13.9. The number of fused-ring (bicyclic) bond motifs is 5. The summed E-state index contributed by atoms with van der Waals surface area (Å²) in [6.45, 7) is 13.9. The van der Waals surface area contributed by atoms with E-state index in [2.05, 4.69) is 210 Å². The van der Waals surface area contributed by atoms with Crippen molar-refractivity contribution in [3.05, 3.63) is 175 Å². The van der Waals surface area contributed by atoms with Crippen LogP contribution in [0.5, 0.6) is 0 Å². The van der Waals surface area contributed by atoms with Crippen molar-refractivity contribution in [1.82, 2.24) is 4.57 Å². The van der Waals surface area contributed by atoms with Crippen molar-refractivity contribution >= 4 is 43.4 Å². The largest absolute Gasteiger partial charge is 0.309 e. The van der Waals surface area contributed by atoms with Crippen LogP contribution >= 0.6 is 0 Å². The highest BCUT2D eigenvalue weighted by Gasteiger charge is 2.23. The van der Waals surface area contributed by atoms with Gasteiger partial charge in [-0.15, -0.1) is 0 Å². The normalized spacial score (nSPS) is 12.3. The van der Waals surface area contributed by atoms with Gasteiger partial charge in [0.2, 0.25) is 0 Å². The first kappa shape index (κ1) is 33.0. The van der Waals surface area contributed by atoms with E-state index in [0.717, 1.165) is 0 Å². The molecule has 0 atom stereocenters. The van der Waals surface area contributed by atoms with Crippen LogP contribution in [0.15, 0.2) is 164 Å². The fourth-order valence-electron chi connectivity index (χ4n) is 8.23. The second kappa shape index (κ2) is 12.3. The summed E-state index contributed by atoms with van der Waals surface area (Å²) in [6, 6.07) is 61.0. The van der Waals surface area contributed by atoms with Gasteiger partial charge in [-0.1, -0.05) is 163 Å². The number of nitrogens with zero attached hydrogens (tertiary/aromatic N) is 1. The Morgan fingerprint density at radius 2 is 0.792 bits per heavy atom. The second-order valence-corrected chi connectivity index (χ2v) is 16.6. The van der Waals surface area contributed by atoms with Crippen LogP contribution in [-0.2, 0) is 10.8 Å². The van der Waals surface area contributed by atoms with E-state index in [1.165, 1.54) is 93.5 Å². The molecule has 0 N–H and O–H groups in total. The molecule has 0 spiro atoms. The summed E-state index contributed by atoms with van der Waals surface area (Å²) >= 11 is 0. The third kappa shape index (κ3) is 5.63. The van der Waals surface area contributed by atoms with Gasteiger partial charge < -0.3 is 4.57 Å². The maximum atomic E-state index is 2.46. The minimum atomic E-state index is 0.0234. The van der Waals surface area contributed by atoms with E-state index in [-0.39, 0.29) is 10.8 Å². The van der Waals surface area contributed by atoms with Crippen molar-refractivity contribution in [3.8, 4) is 39.1 Å². The summed E-state index contributed by atoms with van der Waals surface area (Å²) < 4.78 is 2.38. The molecule has 0 saturated carbocycles. The van der Waals surface area contributed by atoms with E-state index in [9.17, 15) is 0 Å². The van der Waals surface area contributed by atoms with E-state index in [0.29, 0.717) is 0 Å². The van der Waals surface area contributed by atoms with Gasteiger partial charge >= 0.3 is 0 Å². The minimum Gasteiger partial charge on any atom is -0.309 e. The van der Waals surface area contributed by atoms with Gasteiger partial charge in [0.25, 0.3) is 0 Å². The molecule has 0 amide bonds. The lowest BCUT2D eigenvalue weighted by Crippen LogP contribution is -2.11. The molecule has 1 heterocycles. The van der Waals surface area contributed by atoms with Gasteiger partial charge in [-0.05, 0) is 119 Å². The van der Waals surface area contributed by atoms with Crippen LogP contribution in [0.25, 0.3) is 82.4 Å². The Hall–Kier alpha value is -5.92. The molecule has 0 radical (unpaired) electrons. The highest BCUT2D eigenvalue weighted by atomic mass is 15.0. The van der Waals surface area contributed by atoms with Gasteiger partial charge in [0.15, 0.2) is 0 Å². The molecule has 8 aromatic carbocycles. The predicted molar refractivity (Wildman–Crippen MR) is 230 cm³/mol. The van der Waals surface area contributed by atoms with Crippen molar-refractivity contribution in [2.24, 2.45) is 0 Å². The molecule has 0 unspecified atom stereocenters. The molecule has 1 heteroatoms. The first-order valence-electron chi connectivity index (χ1n) is 18.9. The zero-order valence-electron chi connectivity index (χ0n) is 31.5. The lowest BCUT2D eigenvalue weighted by Gasteiger charge is -2.25. The van der Waals surface area contributed by atoms with Crippen LogP contribution in [0.3, 0.4) is 0 Å². The van der Waals surface area contributed by atoms with Crippen LogP contribution in [0.2, 0.25) is 0 Å². The number of hydrogen-bond donors (Lipinski definition) is 0. The molecule has 1 nitrogen and oxygen atoms in total. The van der Waals surface area contributed by atoms with Crippen molar-refractivity contribution in [1.29, 1.82) is 0 Å². The summed E-state index contributed by atoms with van der Waals surface area (Å²) in [5, 5.41) is 7.73. The first-order chi connectivity index (χ1) is 25.6. The standard InChI is InChI=1S/C52H45N/c1-51(2,3)38-27-29-43-45(32-38)49(35-15-9-7-10-16-35)42-28-26-39(52(4,5)6)33-46(42)50(43)36-23-21-34(22-24-36)37-25-30-48-44(31-37)41-19-13-14-20-47(41)53(48)40-17-11-8-12-18-40/h7-33H,1-6H3. The van der Waals surface area contributed by atoms with Crippen LogP contribution < -0.4 is 0 Å². The zero-order valence-corrected chi connectivity index (χ0v) is 31.5. The van der Waals surface area contributed by atoms with E-state index in [1.54, 1.807) is 0 Å². The SMILES string of the molecule is CC(C)(C)c1ccc2c(-c3ccc(-c4ccc5c(c4)c4ccccc4n5-c4ccccc4)cc3)c3cc(C(C)(C)C)ccc3c(-c3ccccc3)c2c1. The number of hydrogen-bond acceptors (Lipinski definition) is 0. The average Bonchev–Trinajstić information content (AvgIpc) is 3.50. The molecule has 53 heavy (non-hydrogen) atoms. The maximum absolute atomic E-state index is 2.46. The van der Waals surface area contributed by atoms with Gasteiger partial charge in [-0.25, -0.2) is 0 Å². The molecule has 0 aliphatic heterocycles. The van der Waals surface area contributed by atoms with Crippen molar-refractivity contribution in [2.45, 2.75) is 52.4 Å². The van der Waals surface area contributed by atoms with Crippen LogP contribution in [0.1, 0.15) is 52.7 Å². The van der Waals surface area contributed by atoms with E-state index < -0.39 is 0 Å². The zero-order chi connectivity index (χ0) is 36.5. The number of aromatic nitrogens is 1. The summed E-state index contributed by atoms with van der Waals surface area (Å²) in [6.07, 6.45) is 0. The Morgan fingerprint density at radius 3 is 1.38 bits per heavy atom. The van der Waals surface area contributed by atoms with Crippen molar-refractivity contribution in [3.63, 3.8) is 0 Å². The Labute approximate surface area is 313 Å². The smallest absolute Gasteiger partial charge is 0.0541 e. The lowest BCUT2D eigenvalue weighted by atomic mass is 9.79. The minimum absolute atomic E-state index is 0.0234. The quantitative estimate of drug-likeness (QED) is 0.163. The highest BCUT2D eigenvalue weighted by molar-refractivity contribution is 6.21. The van der Waals surface area contributed by atoms with Crippen LogP contribution in [0.4, 0.5) is 0 Å². The fourth-order valence-corrected chi connectivity index (χ4v) is 8.23.